The molecule has 2 aromatic rings. The van der Waals surface area contributed by atoms with Gasteiger partial charge in [-0.2, -0.15) is 0 Å². The first-order valence-electron chi connectivity index (χ1n) is 10.2. The zero-order valence-electron chi connectivity index (χ0n) is 17.2. The van der Waals surface area contributed by atoms with Crippen LogP contribution in [-0.2, 0) is 5.41 Å². The van der Waals surface area contributed by atoms with Gasteiger partial charge in [0.25, 0.3) is 5.91 Å². The maximum absolute atomic E-state index is 11.8. The summed E-state index contributed by atoms with van der Waals surface area (Å²) in [6.07, 6.45) is 7.47. The molecule has 2 heterocycles. The standard InChI is InChI=1S/C22H31N5O/c1-4-12-22(2,3)16-8-10-17(11-9-16)25-21-19(20(23)28)24-15-18(26-21)27-13-6-5-7-14-27/h8-11,15H,4-7,12-14H2,1-3H3,(H2,23,28)(H,25,26). The Kier molecular flexibility index (Phi) is 6.17. The third kappa shape index (κ3) is 4.61. The van der Waals surface area contributed by atoms with E-state index in [-0.39, 0.29) is 11.1 Å². The van der Waals surface area contributed by atoms with Crippen molar-refractivity contribution in [2.24, 2.45) is 5.73 Å². The smallest absolute Gasteiger partial charge is 0.271 e. The Hall–Kier alpha value is -2.63. The van der Waals surface area contributed by atoms with Gasteiger partial charge < -0.3 is 16.0 Å². The van der Waals surface area contributed by atoms with E-state index < -0.39 is 5.91 Å². The molecule has 0 saturated carbocycles. The average molecular weight is 382 g/mol. The molecule has 150 valence electrons. The van der Waals surface area contributed by atoms with Gasteiger partial charge in [-0.05, 0) is 48.8 Å². The van der Waals surface area contributed by atoms with Crippen LogP contribution in [0.1, 0.15) is 68.9 Å². The van der Waals surface area contributed by atoms with Crippen LogP contribution in [0.25, 0.3) is 0 Å². The molecule has 0 atom stereocenters. The minimum absolute atomic E-state index is 0.139. The number of amides is 1. The van der Waals surface area contributed by atoms with Crippen LogP contribution >= 0.6 is 0 Å². The number of nitrogens with zero attached hydrogens (tertiary/aromatic N) is 3. The first kappa shape index (κ1) is 20.1. The van der Waals surface area contributed by atoms with E-state index in [1.54, 1.807) is 6.20 Å². The summed E-state index contributed by atoms with van der Waals surface area (Å²) in [6.45, 7) is 8.66. The van der Waals surface area contributed by atoms with Gasteiger partial charge in [-0.3, -0.25) is 4.79 Å². The van der Waals surface area contributed by atoms with Crippen LogP contribution in [0, 0.1) is 0 Å². The van der Waals surface area contributed by atoms with Crippen molar-refractivity contribution in [3.63, 3.8) is 0 Å². The van der Waals surface area contributed by atoms with Crippen LogP contribution < -0.4 is 16.0 Å². The average Bonchev–Trinajstić information content (AvgIpc) is 2.69. The fourth-order valence-corrected chi connectivity index (χ4v) is 3.83. The number of hydrogen-bond acceptors (Lipinski definition) is 5. The third-order valence-electron chi connectivity index (χ3n) is 5.48. The summed E-state index contributed by atoms with van der Waals surface area (Å²) in [7, 11) is 0. The number of rotatable bonds is 7. The van der Waals surface area contributed by atoms with E-state index in [4.69, 9.17) is 5.73 Å². The number of carbonyl (C=O) groups is 1. The molecule has 1 amide bonds. The predicted octanol–water partition coefficient (Wildman–Crippen LogP) is 4.39. The normalized spacial score (nSPS) is 14.8. The van der Waals surface area contributed by atoms with E-state index in [9.17, 15) is 4.79 Å². The quantitative estimate of drug-likeness (QED) is 0.743. The SMILES string of the molecule is CCCC(C)(C)c1ccc(Nc2nc(N3CCCCC3)cnc2C(N)=O)cc1. The first-order chi connectivity index (χ1) is 13.4. The zero-order chi connectivity index (χ0) is 20.1. The maximum Gasteiger partial charge on any atom is 0.271 e. The molecule has 3 rings (SSSR count). The van der Waals surface area contributed by atoms with Crippen molar-refractivity contribution in [3.05, 3.63) is 41.7 Å². The fraction of sp³-hybridized carbons (Fsp3) is 0.500. The Bertz CT molecular complexity index is 810. The van der Waals surface area contributed by atoms with Crippen molar-refractivity contribution in [2.45, 2.75) is 58.3 Å². The summed E-state index contributed by atoms with van der Waals surface area (Å²) < 4.78 is 0. The lowest BCUT2D eigenvalue weighted by Crippen LogP contribution is -2.31. The van der Waals surface area contributed by atoms with Gasteiger partial charge in [0.2, 0.25) is 0 Å². The molecule has 3 N–H and O–H groups in total. The highest BCUT2D eigenvalue weighted by Crippen LogP contribution is 2.30. The zero-order valence-corrected chi connectivity index (χ0v) is 17.2. The molecule has 0 radical (unpaired) electrons. The van der Waals surface area contributed by atoms with Crippen molar-refractivity contribution in [1.82, 2.24) is 9.97 Å². The van der Waals surface area contributed by atoms with E-state index in [0.29, 0.717) is 5.82 Å². The largest absolute Gasteiger partial charge is 0.364 e. The number of piperidine rings is 1. The van der Waals surface area contributed by atoms with Crippen molar-refractivity contribution >= 4 is 23.2 Å². The van der Waals surface area contributed by atoms with Crippen molar-refractivity contribution in [3.8, 4) is 0 Å². The molecule has 6 heteroatoms. The van der Waals surface area contributed by atoms with Crippen LogP contribution in [-0.4, -0.2) is 29.0 Å². The minimum atomic E-state index is -0.583. The predicted molar refractivity (Wildman–Crippen MR) is 114 cm³/mol. The van der Waals surface area contributed by atoms with E-state index in [1.165, 1.54) is 12.0 Å². The van der Waals surface area contributed by atoms with Crippen molar-refractivity contribution < 1.29 is 4.79 Å². The van der Waals surface area contributed by atoms with Gasteiger partial charge >= 0.3 is 0 Å². The highest BCUT2D eigenvalue weighted by molar-refractivity contribution is 5.96. The van der Waals surface area contributed by atoms with Gasteiger partial charge in [-0.1, -0.05) is 39.3 Å². The van der Waals surface area contributed by atoms with E-state index in [1.807, 2.05) is 12.1 Å². The molecule has 0 unspecified atom stereocenters. The summed E-state index contributed by atoms with van der Waals surface area (Å²) in [5.41, 5.74) is 7.98. The molecule has 0 aliphatic carbocycles. The Labute approximate surface area is 167 Å². The Morgan fingerprint density at radius 3 is 2.46 bits per heavy atom. The topological polar surface area (TPSA) is 84.1 Å². The summed E-state index contributed by atoms with van der Waals surface area (Å²) in [5.74, 6) is 0.616. The van der Waals surface area contributed by atoms with E-state index in [0.717, 1.165) is 50.3 Å². The number of nitrogens with two attached hydrogens (primary N) is 1. The van der Waals surface area contributed by atoms with Crippen LogP contribution in [0.15, 0.2) is 30.5 Å². The number of aromatic nitrogens is 2. The number of anilines is 3. The molecule has 6 nitrogen and oxygen atoms in total. The number of carbonyl (C=O) groups excluding carboxylic acids is 1. The van der Waals surface area contributed by atoms with Gasteiger partial charge in [0.15, 0.2) is 11.5 Å². The van der Waals surface area contributed by atoms with Crippen LogP contribution in [0.5, 0.6) is 0 Å². The lowest BCUT2D eigenvalue weighted by Gasteiger charge is -2.28. The Balaban J connectivity index is 1.84. The van der Waals surface area contributed by atoms with Gasteiger partial charge in [-0.15, -0.1) is 0 Å². The lowest BCUT2D eigenvalue weighted by atomic mass is 9.81. The lowest BCUT2D eigenvalue weighted by molar-refractivity contribution is 0.0996. The van der Waals surface area contributed by atoms with Gasteiger partial charge in [0, 0.05) is 18.8 Å². The van der Waals surface area contributed by atoms with Crippen LogP contribution in [0.2, 0.25) is 0 Å². The molecule has 1 aliphatic rings. The van der Waals surface area contributed by atoms with Crippen molar-refractivity contribution in [2.75, 3.05) is 23.3 Å². The molecule has 28 heavy (non-hydrogen) atoms. The van der Waals surface area contributed by atoms with Gasteiger partial charge in [0.05, 0.1) is 6.20 Å². The molecule has 1 aliphatic heterocycles. The molecule has 1 fully saturated rings. The number of hydrogen-bond donors (Lipinski definition) is 2. The molecular weight excluding hydrogens is 350 g/mol. The number of nitrogens with one attached hydrogen (secondary N) is 1. The second kappa shape index (κ2) is 8.59. The van der Waals surface area contributed by atoms with Crippen LogP contribution in [0.4, 0.5) is 17.3 Å². The molecule has 1 aromatic carbocycles. The highest BCUT2D eigenvalue weighted by atomic mass is 16.1. The summed E-state index contributed by atoms with van der Waals surface area (Å²) in [4.78, 5) is 23.0. The third-order valence-corrected chi connectivity index (χ3v) is 5.48. The number of benzene rings is 1. The molecule has 0 spiro atoms. The van der Waals surface area contributed by atoms with Crippen molar-refractivity contribution in [1.29, 1.82) is 0 Å². The second-order valence-corrected chi connectivity index (χ2v) is 8.17. The molecule has 0 bridgehead atoms. The second-order valence-electron chi connectivity index (χ2n) is 8.17. The first-order valence-corrected chi connectivity index (χ1v) is 10.2. The summed E-state index contributed by atoms with van der Waals surface area (Å²) in [6, 6.07) is 8.30. The number of primary amides is 1. The Morgan fingerprint density at radius 1 is 1.18 bits per heavy atom. The monoisotopic (exact) mass is 381 g/mol. The fourth-order valence-electron chi connectivity index (χ4n) is 3.83. The molecule has 1 saturated heterocycles. The minimum Gasteiger partial charge on any atom is -0.364 e. The maximum atomic E-state index is 11.8. The molecular formula is C22H31N5O. The molecule has 1 aromatic heterocycles. The highest BCUT2D eigenvalue weighted by Gasteiger charge is 2.20. The Morgan fingerprint density at radius 2 is 1.86 bits per heavy atom. The van der Waals surface area contributed by atoms with Gasteiger partial charge in [0.1, 0.15) is 5.82 Å². The summed E-state index contributed by atoms with van der Waals surface area (Å²) in [5, 5.41) is 3.24. The summed E-state index contributed by atoms with van der Waals surface area (Å²) >= 11 is 0. The van der Waals surface area contributed by atoms with Crippen LogP contribution in [0.3, 0.4) is 0 Å². The van der Waals surface area contributed by atoms with E-state index in [2.05, 4.69) is 53.1 Å². The van der Waals surface area contributed by atoms with E-state index >= 15 is 0 Å². The van der Waals surface area contributed by atoms with Gasteiger partial charge in [-0.25, -0.2) is 9.97 Å².